The molecule has 1 aliphatic rings. The van der Waals surface area contributed by atoms with Crippen molar-refractivity contribution >= 4 is 50.6 Å². The van der Waals surface area contributed by atoms with Crippen LogP contribution in [0.15, 0.2) is 43.0 Å². The summed E-state index contributed by atoms with van der Waals surface area (Å²) in [5.41, 5.74) is 0.772. The summed E-state index contributed by atoms with van der Waals surface area (Å²) in [4.78, 5) is 36.8. The van der Waals surface area contributed by atoms with Gasteiger partial charge in [-0.2, -0.15) is 5.10 Å². The molecule has 1 saturated heterocycles. The molecule has 3 aromatic rings. The number of sulfonamides is 1. The number of carbonyl (C=O) groups excluding carboxylic acids is 2. The molecule has 3 heterocycles. The summed E-state index contributed by atoms with van der Waals surface area (Å²) in [5.74, 6) is 0.513. The molecule has 1 aliphatic heterocycles. The molecule has 0 spiro atoms. The highest BCUT2D eigenvalue weighted by molar-refractivity contribution is 7.92. The molecular weight excluding hydrogens is 484 g/mol. The Morgan fingerprint density at radius 2 is 1.76 bits per heavy atom. The van der Waals surface area contributed by atoms with Crippen molar-refractivity contribution in [2.75, 3.05) is 47.9 Å². The van der Waals surface area contributed by atoms with E-state index >= 15 is 0 Å². The van der Waals surface area contributed by atoms with E-state index in [9.17, 15) is 18.0 Å². The zero-order valence-corrected chi connectivity index (χ0v) is 19.8. The number of rotatable bonds is 6. The third kappa shape index (κ3) is 5.61. The van der Waals surface area contributed by atoms with Gasteiger partial charge in [0.2, 0.25) is 15.9 Å². The maximum absolute atomic E-state index is 12.7. The summed E-state index contributed by atoms with van der Waals surface area (Å²) in [5, 5.41) is 7.07. The van der Waals surface area contributed by atoms with E-state index in [2.05, 4.69) is 25.1 Å². The minimum absolute atomic E-state index is 0.0128. The van der Waals surface area contributed by atoms with Crippen LogP contribution in [-0.4, -0.2) is 77.8 Å². The van der Waals surface area contributed by atoms with Crippen molar-refractivity contribution in [2.45, 2.75) is 0 Å². The maximum Gasteiger partial charge on any atom is 0.258 e. The van der Waals surface area contributed by atoms with Crippen molar-refractivity contribution in [1.29, 1.82) is 0 Å². The van der Waals surface area contributed by atoms with Gasteiger partial charge in [0, 0.05) is 37.0 Å². The number of hydrogen-bond donors (Lipinski definition) is 2. The molecule has 1 fully saturated rings. The van der Waals surface area contributed by atoms with Crippen LogP contribution < -0.4 is 14.9 Å². The van der Waals surface area contributed by atoms with Crippen LogP contribution in [0.4, 0.5) is 17.2 Å². The van der Waals surface area contributed by atoms with Crippen LogP contribution in [0.5, 0.6) is 0 Å². The fraction of sp³-hybridized carbons (Fsp3) is 0.250. The second-order valence-electron chi connectivity index (χ2n) is 7.70. The van der Waals surface area contributed by atoms with Crippen LogP contribution in [0.3, 0.4) is 0 Å². The molecule has 0 radical (unpaired) electrons. The molecule has 0 bridgehead atoms. The van der Waals surface area contributed by atoms with Gasteiger partial charge in [-0.15, -0.1) is 0 Å². The zero-order valence-electron chi connectivity index (χ0n) is 18.3. The molecule has 34 heavy (non-hydrogen) atoms. The fourth-order valence-corrected chi connectivity index (χ4v) is 4.03. The number of piperazine rings is 1. The van der Waals surface area contributed by atoms with Gasteiger partial charge >= 0.3 is 0 Å². The third-order valence-corrected chi connectivity index (χ3v) is 5.77. The predicted molar refractivity (Wildman–Crippen MR) is 127 cm³/mol. The third-order valence-electron chi connectivity index (χ3n) is 4.94. The number of aromatic nitrogens is 4. The first-order valence-electron chi connectivity index (χ1n) is 10.0. The second kappa shape index (κ2) is 9.27. The average molecular weight is 505 g/mol. The van der Waals surface area contributed by atoms with Crippen LogP contribution in [0, 0.1) is 0 Å². The molecule has 14 heteroatoms. The highest BCUT2D eigenvalue weighted by Gasteiger charge is 2.22. The first-order valence-corrected chi connectivity index (χ1v) is 12.3. The van der Waals surface area contributed by atoms with E-state index in [1.54, 1.807) is 18.1 Å². The summed E-state index contributed by atoms with van der Waals surface area (Å²) < 4.78 is 26.6. The first-order chi connectivity index (χ1) is 16.1. The van der Waals surface area contributed by atoms with Crippen molar-refractivity contribution in [3.8, 4) is 5.82 Å². The van der Waals surface area contributed by atoms with Gasteiger partial charge in [0.05, 0.1) is 42.6 Å². The molecule has 12 nitrogen and oxygen atoms in total. The number of halogens is 1. The number of amides is 2. The Hall–Kier alpha value is -3.71. The van der Waals surface area contributed by atoms with E-state index in [1.165, 1.54) is 41.5 Å². The molecule has 0 saturated carbocycles. The van der Waals surface area contributed by atoms with Crippen LogP contribution >= 0.6 is 11.6 Å². The summed E-state index contributed by atoms with van der Waals surface area (Å²) in [6.07, 6.45) is 6.92. The van der Waals surface area contributed by atoms with E-state index in [0.29, 0.717) is 30.4 Å². The van der Waals surface area contributed by atoms with E-state index in [0.717, 1.165) is 6.26 Å². The molecular formula is C20H21ClN8O4S. The molecule has 2 amide bonds. The largest absolute Gasteiger partial charge is 0.344 e. The van der Waals surface area contributed by atoms with Gasteiger partial charge < -0.3 is 15.1 Å². The van der Waals surface area contributed by atoms with Crippen molar-refractivity contribution in [2.24, 2.45) is 0 Å². The molecule has 2 aromatic heterocycles. The molecule has 0 atom stereocenters. The minimum Gasteiger partial charge on any atom is -0.344 e. The predicted octanol–water partition coefficient (Wildman–Crippen LogP) is 1.22. The van der Waals surface area contributed by atoms with Crippen molar-refractivity contribution < 1.29 is 18.0 Å². The molecule has 178 valence electrons. The van der Waals surface area contributed by atoms with Gasteiger partial charge in [-0.05, 0) is 18.2 Å². The molecule has 2 N–H and O–H groups in total. The van der Waals surface area contributed by atoms with Gasteiger partial charge in [0.25, 0.3) is 5.91 Å². The highest BCUT2D eigenvalue weighted by atomic mass is 35.5. The Kier molecular flexibility index (Phi) is 6.39. The number of benzene rings is 1. The van der Waals surface area contributed by atoms with Crippen LogP contribution in [0.1, 0.15) is 10.4 Å². The van der Waals surface area contributed by atoms with Crippen molar-refractivity contribution in [3.63, 3.8) is 0 Å². The number of anilines is 3. The average Bonchev–Trinajstić information content (AvgIpc) is 3.25. The normalized spacial score (nSPS) is 14.3. The first kappa shape index (κ1) is 23.4. The maximum atomic E-state index is 12.7. The minimum atomic E-state index is -3.50. The van der Waals surface area contributed by atoms with Crippen LogP contribution in [0.2, 0.25) is 5.02 Å². The van der Waals surface area contributed by atoms with E-state index in [1.807, 2.05) is 4.90 Å². The van der Waals surface area contributed by atoms with Crippen molar-refractivity contribution in [1.82, 2.24) is 24.6 Å². The van der Waals surface area contributed by atoms with Crippen LogP contribution in [-0.2, 0) is 14.8 Å². The Balaban J connectivity index is 1.45. The summed E-state index contributed by atoms with van der Waals surface area (Å²) >= 11 is 6.03. The summed E-state index contributed by atoms with van der Waals surface area (Å²) in [6.45, 7) is 1.51. The number of likely N-dealkylation sites (N-methyl/N-ethyl adjacent to an activating group) is 1. The SMILES string of the molecule is CN1CCN(c2cnc(-n3cc(C(=O)Nc4cc(Cl)cc(NS(C)(=O)=O)c4)cn3)cn2)CC1=O. The quantitative estimate of drug-likeness (QED) is 0.510. The lowest BCUT2D eigenvalue weighted by Gasteiger charge is -2.32. The van der Waals surface area contributed by atoms with Crippen LogP contribution in [0.25, 0.3) is 5.82 Å². The van der Waals surface area contributed by atoms with E-state index in [-0.39, 0.29) is 28.7 Å². The van der Waals surface area contributed by atoms with E-state index in [4.69, 9.17) is 11.6 Å². The Morgan fingerprint density at radius 1 is 1.06 bits per heavy atom. The van der Waals surface area contributed by atoms with Gasteiger partial charge in [-0.1, -0.05) is 11.6 Å². The number of nitrogens with zero attached hydrogens (tertiary/aromatic N) is 6. The lowest BCUT2D eigenvalue weighted by Crippen LogP contribution is -2.48. The monoisotopic (exact) mass is 504 g/mol. The Labute approximate surface area is 200 Å². The summed E-state index contributed by atoms with van der Waals surface area (Å²) in [7, 11) is -1.74. The number of carbonyl (C=O) groups is 2. The highest BCUT2D eigenvalue weighted by Crippen LogP contribution is 2.24. The van der Waals surface area contributed by atoms with Gasteiger partial charge in [0.15, 0.2) is 5.82 Å². The van der Waals surface area contributed by atoms with Gasteiger partial charge in [-0.3, -0.25) is 14.3 Å². The molecule has 4 rings (SSSR count). The zero-order chi connectivity index (χ0) is 24.5. The fourth-order valence-electron chi connectivity index (χ4n) is 3.25. The lowest BCUT2D eigenvalue weighted by atomic mass is 10.2. The Bertz CT molecular complexity index is 1340. The van der Waals surface area contributed by atoms with Gasteiger partial charge in [0.1, 0.15) is 5.82 Å². The molecule has 0 unspecified atom stereocenters. The molecule has 1 aromatic carbocycles. The standard InChI is InChI=1S/C20H21ClN8O4S/c1-27-3-4-28(12-19(27)30)17-9-23-18(10-22-17)29-11-13(8-24-29)20(31)25-15-5-14(21)6-16(7-15)26-34(2,32)33/h5-11,26H,3-4,12H2,1-2H3,(H,25,31). The number of hydrogen-bond acceptors (Lipinski definition) is 8. The van der Waals surface area contributed by atoms with E-state index < -0.39 is 15.9 Å². The topological polar surface area (TPSA) is 142 Å². The van der Waals surface area contributed by atoms with Crippen molar-refractivity contribution in [3.05, 3.63) is 53.6 Å². The Morgan fingerprint density at radius 3 is 2.44 bits per heavy atom. The second-order valence-corrected chi connectivity index (χ2v) is 9.89. The summed E-state index contributed by atoms with van der Waals surface area (Å²) in [6, 6.07) is 4.36. The lowest BCUT2D eigenvalue weighted by molar-refractivity contribution is -0.129. The smallest absolute Gasteiger partial charge is 0.258 e. The number of nitrogens with one attached hydrogen (secondary N) is 2. The van der Waals surface area contributed by atoms with Gasteiger partial charge in [-0.25, -0.2) is 23.1 Å². The molecule has 0 aliphatic carbocycles.